The number of hydrogen-bond donors (Lipinski definition) is 3. The Bertz CT molecular complexity index is 930. The molecular weight excluding hydrogens is 379 g/mol. The molecule has 2 saturated heterocycles. The summed E-state index contributed by atoms with van der Waals surface area (Å²) in [5.74, 6) is 0.191. The Hall–Kier alpha value is -2.68. The zero-order chi connectivity index (χ0) is 19.7. The van der Waals surface area contributed by atoms with E-state index in [0.29, 0.717) is 22.9 Å². The number of anilines is 1. The van der Waals surface area contributed by atoms with Gasteiger partial charge in [0, 0.05) is 12.5 Å². The van der Waals surface area contributed by atoms with Crippen molar-refractivity contribution in [2.24, 2.45) is 5.92 Å². The highest BCUT2D eigenvalue weighted by Crippen LogP contribution is 2.37. The van der Waals surface area contributed by atoms with E-state index in [1.165, 1.54) is 17.0 Å². The zero-order valence-electron chi connectivity index (χ0n) is 15.1. The summed E-state index contributed by atoms with van der Waals surface area (Å²) in [5.41, 5.74) is 7.85. The molecule has 0 spiro atoms. The number of ether oxygens (including phenoxy) is 1. The minimum atomic E-state index is -0.283. The van der Waals surface area contributed by atoms with E-state index in [0.717, 1.165) is 17.3 Å². The van der Waals surface area contributed by atoms with Crippen LogP contribution in [0, 0.1) is 17.1 Å². The molecule has 0 bridgehead atoms. The number of benzene rings is 2. The highest BCUT2D eigenvalue weighted by Gasteiger charge is 2.36. The number of thioether (sulfide) groups is 1. The molecule has 2 aliphatic heterocycles. The molecule has 8 heteroatoms. The minimum absolute atomic E-state index is 0.000489. The number of methoxy groups -OCH3 is 1. The van der Waals surface area contributed by atoms with Gasteiger partial charge in [-0.25, -0.2) is 9.82 Å². The van der Waals surface area contributed by atoms with Crippen molar-refractivity contribution in [1.29, 1.82) is 5.41 Å². The number of amides is 1. The van der Waals surface area contributed by atoms with Crippen LogP contribution in [0.4, 0.5) is 10.1 Å². The second kappa shape index (κ2) is 7.75. The molecule has 2 atom stereocenters. The maximum atomic E-state index is 13.2. The van der Waals surface area contributed by atoms with Gasteiger partial charge in [0.2, 0.25) is 0 Å². The van der Waals surface area contributed by atoms with Crippen molar-refractivity contribution in [2.75, 3.05) is 18.6 Å². The Kier molecular flexibility index (Phi) is 5.17. The highest BCUT2D eigenvalue weighted by atomic mass is 32.2. The van der Waals surface area contributed by atoms with Crippen LogP contribution in [0.1, 0.15) is 11.6 Å². The third kappa shape index (κ3) is 3.54. The van der Waals surface area contributed by atoms with Crippen molar-refractivity contribution in [3.63, 3.8) is 0 Å². The SMILES string of the molecule is COc1ccc(N2C(=N)S/C(=C\C3CNNC3c3ccc(F)cc3)C2=O)cc1. The van der Waals surface area contributed by atoms with Gasteiger partial charge in [-0.1, -0.05) is 18.2 Å². The summed E-state index contributed by atoms with van der Waals surface area (Å²) in [5, 5.41) is 8.40. The van der Waals surface area contributed by atoms with E-state index < -0.39 is 0 Å². The van der Waals surface area contributed by atoms with Crippen molar-refractivity contribution >= 4 is 28.5 Å². The molecule has 0 radical (unpaired) electrons. The summed E-state index contributed by atoms with van der Waals surface area (Å²) in [6.45, 7) is 0.634. The standard InChI is InChI=1S/C20H19FN4O2S/c1-27-16-8-6-15(7-9-16)25-19(26)17(28-20(25)22)10-13-11-23-24-18(13)12-2-4-14(21)5-3-12/h2-10,13,18,22-24H,11H2,1H3/b17-10-,22-20?. The summed E-state index contributed by atoms with van der Waals surface area (Å²) in [6, 6.07) is 13.3. The summed E-state index contributed by atoms with van der Waals surface area (Å²) in [4.78, 5) is 14.8. The van der Waals surface area contributed by atoms with Gasteiger partial charge < -0.3 is 4.74 Å². The second-order valence-corrected chi connectivity index (χ2v) is 7.53. The van der Waals surface area contributed by atoms with Crippen LogP contribution in [0.5, 0.6) is 5.75 Å². The Labute approximate surface area is 166 Å². The number of carbonyl (C=O) groups excluding carboxylic acids is 1. The van der Waals surface area contributed by atoms with Crippen LogP contribution in [0.15, 0.2) is 59.5 Å². The zero-order valence-corrected chi connectivity index (χ0v) is 15.9. The van der Waals surface area contributed by atoms with E-state index in [2.05, 4.69) is 10.9 Å². The van der Waals surface area contributed by atoms with Gasteiger partial charge >= 0.3 is 0 Å². The van der Waals surface area contributed by atoms with Gasteiger partial charge in [-0.2, -0.15) is 0 Å². The largest absolute Gasteiger partial charge is 0.497 e. The van der Waals surface area contributed by atoms with Crippen LogP contribution in [-0.4, -0.2) is 24.7 Å². The summed E-state index contributed by atoms with van der Waals surface area (Å²) in [6.07, 6.45) is 1.89. The molecule has 0 aliphatic carbocycles. The maximum absolute atomic E-state index is 13.2. The Morgan fingerprint density at radius 3 is 2.61 bits per heavy atom. The minimum Gasteiger partial charge on any atom is -0.497 e. The number of nitrogens with zero attached hydrogens (tertiary/aromatic N) is 1. The summed E-state index contributed by atoms with van der Waals surface area (Å²) in [7, 11) is 1.58. The number of hydrogen-bond acceptors (Lipinski definition) is 6. The van der Waals surface area contributed by atoms with Crippen molar-refractivity contribution < 1.29 is 13.9 Å². The molecule has 2 aromatic carbocycles. The number of nitrogens with one attached hydrogen (secondary N) is 3. The molecule has 2 aromatic rings. The predicted molar refractivity (Wildman–Crippen MR) is 108 cm³/mol. The summed E-state index contributed by atoms with van der Waals surface area (Å²) >= 11 is 1.15. The van der Waals surface area contributed by atoms with Crippen molar-refractivity contribution in [1.82, 2.24) is 10.9 Å². The monoisotopic (exact) mass is 398 g/mol. The number of hydrazine groups is 1. The van der Waals surface area contributed by atoms with Gasteiger partial charge in [-0.05, 0) is 53.7 Å². The average molecular weight is 398 g/mol. The van der Waals surface area contributed by atoms with Crippen LogP contribution >= 0.6 is 11.8 Å². The van der Waals surface area contributed by atoms with E-state index >= 15 is 0 Å². The molecule has 2 heterocycles. The number of rotatable bonds is 4. The molecule has 6 nitrogen and oxygen atoms in total. The molecule has 1 amide bonds. The first-order chi connectivity index (χ1) is 13.6. The quantitative estimate of drug-likeness (QED) is 0.690. The molecule has 2 fully saturated rings. The molecule has 144 valence electrons. The Morgan fingerprint density at radius 2 is 1.93 bits per heavy atom. The van der Waals surface area contributed by atoms with E-state index in [9.17, 15) is 9.18 Å². The third-order valence-corrected chi connectivity index (χ3v) is 5.68. The first kappa shape index (κ1) is 18.7. The van der Waals surface area contributed by atoms with E-state index in [-0.39, 0.29) is 28.9 Å². The maximum Gasteiger partial charge on any atom is 0.270 e. The van der Waals surface area contributed by atoms with Crippen LogP contribution in [0.2, 0.25) is 0 Å². The molecule has 0 saturated carbocycles. The number of carbonyl (C=O) groups is 1. The van der Waals surface area contributed by atoms with E-state index in [1.54, 1.807) is 43.5 Å². The molecule has 4 rings (SSSR count). The predicted octanol–water partition coefficient (Wildman–Crippen LogP) is 3.20. The normalized spacial score (nSPS) is 23.6. The fourth-order valence-corrected chi connectivity index (χ4v) is 4.24. The smallest absolute Gasteiger partial charge is 0.270 e. The van der Waals surface area contributed by atoms with Crippen molar-refractivity contribution in [3.05, 3.63) is 70.9 Å². The lowest BCUT2D eigenvalue weighted by Gasteiger charge is -2.16. The first-order valence-electron chi connectivity index (χ1n) is 8.77. The topological polar surface area (TPSA) is 77.5 Å². The summed E-state index contributed by atoms with van der Waals surface area (Å²) < 4.78 is 18.4. The number of halogens is 1. The van der Waals surface area contributed by atoms with Crippen LogP contribution in [0.3, 0.4) is 0 Å². The lowest BCUT2D eigenvalue weighted by molar-refractivity contribution is -0.113. The molecule has 3 N–H and O–H groups in total. The van der Waals surface area contributed by atoms with Gasteiger partial charge in [0.1, 0.15) is 11.6 Å². The van der Waals surface area contributed by atoms with E-state index in [1.807, 2.05) is 6.08 Å². The van der Waals surface area contributed by atoms with Gasteiger partial charge in [0.15, 0.2) is 5.17 Å². The van der Waals surface area contributed by atoms with Gasteiger partial charge in [0.05, 0.1) is 23.7 Å². The molecular formula is C20H19FN4O2S. The Balaban J connectivity index is 1.56. The third-order valence-electron chi connectivity index (χ3n) is 4.77. The fourth-order valence-electron chi connectivity index (χ4n) is 3.33. The van der Waals surface area contributed by atoms with Gasteiger partial charge in [0.25, 0.3) is 5.91 Å². The molecule has 28 heavy (non-hydrogen) atoms. The molecule has 0 aromatic heterocycles. The number of amidine groups is 1. The van der Waals surface area contributed by atoms with Crippen LogP contribution in [0.25, 0.3) is 0 Å². The highest BCUT2D eigenvalue weighted by molar-refractivity contribution is 8.19. The lowest BCUT2D eigenvalue weighted by Crippen LogP contribution is -2.28. The molecule has 2 unspecified atom stereocenters. The first-order valence-corrected chi connectivity index (χ1v) is 9.59. The molecule has 2 aliphatic rings. The average Bonchev–Trinajstić information content (AvgIpc) is 3.27. The van der Waals surface area contributed by atoms with E-state index in [4.69, 9.17) is 10.1 Å². The van der Waals surface area contributed by atoms with Gasteiger partial charge in [-0.3, -0.25) is 20.5 Å². The fraction of sp³-hybridized carbons (Fsp3) is 0.200. The van der Waals surface area contributed by atoms with Crippen LogP contribution in [-0.2, 0) is 4.79 Å². The van der Waals surface area contributed by atoms with Crippen molar-refractivity contribution in [3.8, 4) is 5.75 Å². The van der Waals surface area contributed by atoms with Crippen molar-refractivity contribution in [2.45, 2.75) is 6.04 Å². The van der Waals surface area contributed by atoms with Crippen LogP contribution < -0.4 is 20.5 Å². The lowest BCUT2D eigenvalue weighted by atomic mass is 9.94. The van der Waals surface area contributed by atoms with Gasteiger partial charge in [-0.15, -0.1) is 0 Å². The second-order valence-electron chi connectivity index (χ2n) is 6.50. The Morgan fingerprint density at radius 1 is 1.21 bits per heavy atom.